The summed E-state index contributed by atoms with van der Waals surface area (Å²) in [5.74, 6) is 0. The van der Waals surface area contributed by atoms with Crippen molar-refractivity contribution in [1.29, 1.82) is 0 Å². The van der Waals surface area contributed by atoms with Crippen LogP contribution in [-0.2, 0) is 9.47 Å². The molecule has 0 aromatic carbocycles. The number of hydrogen-bond donors (Lipinski definition) is 0. The number of morpholine rings is 2. The number of ether oxygens (including phenoxy) is 2. The van der Waals surface area contributed by atoms with Crippen molar-refractivity contribution in [2.45, 2.75) is 117 Å². The van der Waals surface area contributed by atoms with Gasteiger partial charge in [-0.2, -0.15) is 0 Å². The second-order valence-electron chi connectivity index (χ2n) is 11.5. The van der Waals surface area contributed by atoms with E-state index in [-0.39, 0.29) is 22.3 Å². The van der Waals surface area contributed by atoms with Crippen molar-refractivity contribution in [2.24, 2.45) is 0 Å². The first kappa shape index (κ1) is 22.1. The Morgan fingerprint density at radius 1 is 0.885 bits per heavy atom. The molecule has 2 rings (SSSR count). The zero-order valence-electron chi connectivity index (χ0n) is 19.1. The van der Waals surface area contributed by atoms with Crippen LogP contribution in [0.1, 0.15) is 82.1 Å². The summed E-state index contributed by atoms with van der Waals surface area (Å²) >= 11 is 0. The third kappa shape index (κ3) is 5.92. The van der Waals surface area contributed by atoms with Gasteiger partial charge in [-0.25, -0.2) is 0 Å². The highest BCUT2D eigenvalue weighted by atomic mass is 16.5. The second-order valence-corrected chi connectivity index (χ2v) is 11.5. The highest BCUT2D eigenvalue weighted by molar-refractivity contribution is 4.96. The van der Waals surface area contributed by atoms with Crippen LogP contribution in [-0.4, -0.2) is 70.5 Å². The van der Waals surface area contributed by atoms with Gasteiger partial charge in [-0.05, 0) is 82.1 Å². The van der Waals surface area contributed by atoms with Crippen LogP contribution in [0.2, 0.25) is 0 Å². The molecule has 3 atom stereocenters. The topological polar surface area (TPSA) is 24.9 Å². The molecule has 2 saturated heterocycles. The van der Waals surface area contributed by atoms with E-state index < -0.39 is 0 Å². The Hall–Kier alpha value is -0.160. The Morgan fingerprint density at radius 2 is 1.46 bits per heavy atom. The minimum atomic E-state index is -0.119. The lowest BCUT2D eigenvalue weighted by Gasteiger charge is -2.53. The van der Waals surface area contributed by atoms with Crippen molar-refractivity contribution >= 4 is 0 Å². The summed E-state index contributed by atoms with van der Waals surface area (Å²) in [4.78, 5) is 5.16. The van der Waals surface area contributed by atoms with Crippen LogP contribution in [0.5, 0.6) is 0 Å². The molecule has 0 amide bonds. The molecular weight excluding hydrogens is 324 g/mol. The quantitative estimate of drug-likeness (QED) is 0.740. The average molecular weight is 369 g/mol. The number of hydrogen-bond acceptors (Lipinski definition) is 4. The van der Waals surface area contributed by atoms with Crippen molar-refractivity contribution in [2.75, 3.05) is 26.2 Å². The monoisotopic (exact) mass is 368 g/mol. The van der Waals surface area contributed by atoms with Crippen LogP contribution >= 0.6 is 0 Å². The van der Waals surface area contributed by atoms with Gasteiger partial charge in [0.25, 0.3) is 0 Å². The Balaban J connectivity index is 2.02. The van der Waals surface area contributed by atoms with E-state index >= 15 is 0 Å². The largest absolute Gasteiger partial charge is 0.373 e. The summed E-state index contributed by atoms with van der Waals surface area (Å²) in [7, 11) is 0. The number of nitrogens with zero attached hydrogens (tertiary/aromatic N) is 2. The minimum absolute atomic E-state index is 0.113. The van der Waals surface area contributed by atoms with E-state index in [1.54, 1.807) is 0 Å². The molecule has 154 valence electrons. The van der Waals surface area contributed by atoms with Crippen LogP contribution in [0.3, 0.4) is 0 Å². The van der Waals surface area contributed by atoms with E-state index in [2.05, 4.69) is 79.0 Å². The first-order chi connectivity index (χ1) is 11.6. The van der Waals surface area contributed by atoms with Crippen molar-refractivity contribution in [3.63, 3.8) is 0 Å². The molecule has 0 saturated carbocycles. The van der Waals surface area contributed by atoms with E-state index in [9.17, 15) is 0 Å². The lowest BCUT2D eigenvalue weighted by molar-refractivity contribution is -0.209. The molecule has 2 heterocycles. The predicted molar refractivity (Wildman–Crippen MR) is 110 cm³/mol. The van der Waals surface area contributed by atoms with Crippen LogP contribution in [0.25, 0.3) is 0 Å². The minimum Gasteiger partial charge on any atom is -0.373 e. The first-order valence-electron chi connectivity index (χ1n) is 10.5. The standard InChI is InChI=1S/C22H44N2O2/c1-17-13-23(19(2,3)4)14-18(25-17)11-12-22(10)16-24(20(5,6)7)15-21(8,9)26-22/h17-18H,11-16H2,1-10H3. The smallest absolute Gasteiger partial charge is 0.0789 e. The fraction of sp³-hybridized carbons (Fsp3) is 1.00. The summed E-state index contributed by atoms with van der Waals surface area (Å²) in [5.41, 5.74) is 0.137. The molecule has 0 aromatic rings. The fourth-order valence-electron chi connectivity index (χ4n) is 4.47. The van der Waals surface area contributed by atoms with E-state index in [1.165, 1.54) is 0 Å². The van der Waals surface area contributed by atoms with Gasteiger partial charge in [0.15, 0.2) is 0 Å². The fourth-order valence-corrected chi connectivity index (χ4v) is 4.47. The van der Waals surface area contributed by atoms with E-state index in [0.29, 0.717) is 12.2 Å². The predicted octanol–water partition coefficient (Wildman–Crippen LogP) is 4.32. The summed E-state index contributed by atoms with van der Waals surface area (Å²) in [6.45, 7) is 26.8. The van der Waals surface area contributed by atoms with Crippen molar-refractivity contribution in [1.82, 2.24) is 9.80 Å². The molecule has 2 aliphatic heterocycles. The SMILES string of the molecule is CC1CN(C(C)(C)C)CC(CCC2(C)CN(C(C)(C)C)CC(C)(C)O2)O1. The maximum Gasteiger partial charge on any atom is 0.0789 e. The van der Waals surface area contributed by atoms with Gasteiger partial charge in [-0.15, -0.1) is 0 Å². The highest BCUT2D eigenvalue weighted by Gasteiger charge is 2.44. The lowest BCUT2D eigenvalue weighted by atomic mass is 9.88. The van der Waals surface area contributed by atoms with Gasteiger partial charge in [0.1, 0.15) is 0 Å². The van der Waals surface area contributed by atoms with Gasteiger partial charge >= 0.3 is 0 Å². The second kappa shape index (κ2) is 7.35. The average Bonchev–Trinajstić information content (AvgIpc) is 2.41. The molecule has 2 aliphatic rings. The zero-order valence-corrected chi connectivity index (χ0v) is 19.1. The lowest BCUT2D eigenvalue weighted by Crippen LogP contribution is -2.63. The third-order valence-electron chi connectivity index (χ3n) is 5.84. The van der Waals surface area contributed by atoms with Gasteiger partial charge in [0.2, 0.25) is 0 Å². The molecule has 0 aliphatic carbocycles. The van der Waals surface area contributed by atoms with Gasteiger partial charge in [0.05, 0.1) is 23.4 Å². The van der Waals surface area contributed by atoms with Crippen LogP contribution < -0.4 is 0 Å². The van der Waals surface area contributed by atoms with Crippen LogP contribution in [0.15, 0.2) is 0 Å². The molecule has 3 unspecified atom stereocenters. The summed E-state index contributed by atoms with van der Waals surface area (Å²) in [6.07, 6.45) is 2.70. The summed E-state index contributed by atoms with van der Waals surface area (Å²) in [5, 5.41) is 0. The van der Waals surface area contributed by atoms with Gasteiger partial charge < -0.3 is 9.47 Å². The van der Waals surface area contributed by atoms with Crippen LogP contribution in [0.4, 0.5) is 0 Å². The maximum absolute atomic E-state index is 6.59. The van der Waals surface area contributed by atoms with Crippen molar-refractivity contribution in [3.05, 3.63) is 0 Å². The Labute approximate surface area is 162 Å². The number of rotatable bonds is 3. The maximum atomic E-state index is 6.59. The molecule has 0 radical (unpaired) electrons. The van der Waals surface area contributed by atoms with Crippen molar-refractivity contribution < 1.29 is 9.47 Å². The van der Waals surface area contributed by atoms with Crippen molar-refractivity contribution in [3.8, 4) is 0 Å². The van der Waals surface area contributed by atoms with Gasteiger partial charge in [-0.3, -0.25) is 9.80 Å². The summed E-state index contributed by atoms with van der Waals surface area (Å²) < 4.78 is 12.9. The first-order valence-corrected chi connectivity index (χ1v) is 10.5. The van der Waals surface area contributed by atoms with E-state index in [1.807, 2.05) is 0 Å². The zero-order chi connectivity index (χ0) is 20.0. The Morgan fingerprint density at radius 3 is 2.00 bits per heavy atom. The molecule has 4 nitrogen and oxygen atoms in total. The van der Waals surface area contributed by atoms with E-state index in [4.69, 9.17) is 9.47 Å². The molecule has 0 spiro atoms. The third-order valence-corrected chi connectivity index (χ3v) is 5.84. The van der Waals surface area contributed by atoms with E-state index in [0.717, 1.165) is 39.0 Å². The Bertz CT molecular complexity index is 478. The van der Waals surface area contributed by atoms with Crippen LogP contribution in [0, 0.1) is 0 Å². The molecule has 4 heteroatoms. The summed E-state index contributed by atoms with van der Waals surface area (Å²) in [6, 6.07) is 0. The van der Waals surface area contributed by atoms with Gasteiger partial charge in [0, 0.05) is 37.3 Å². The normalized spacial score (nSPS) is 34.8. The molecule has 2 fully saturated rings. The Kier molecular flexibility index (Phi) is 6.25. The molecule has 0 bridgehead atoms. The highest BCUT2D eigenvalue weighted by Crippen LogP contribution is 2.36. The molecule has 0 N–H and O–H groups in total. The molecular formula is C22H44N2O2. The van der Waals surface area contributed by atoms with Gasteiger partial charge in [-0.1, -0.05) is 0 Å². The molecule has 26 heavy (non-hydrogen) atoms. The molecule has 0 aromatic heterocycles.